The number of hydrogen-bond acceptors (Lipinski definition) is 2. The van der Waals surface area contributed by atoms with Crippen LogP contribution in [0.5, 0.6) is 0 Å². The molecule has 0 aliphatic rings. The standard InChI is InChI=1S/C10H22O.C2H6O/c1-3-5-6-7-9-10(11)8-4-2;1-2-3/h10-11H,3-9H2,1-2H3;3H,2H2,1H3. The second kappa shape index (κ2) is 15.4. The summed E-state index contributed by atoms with van der Waals surface area (Å²) in [6, 6.07) is 0. The maximum atomic E-state index is 9.35. The predicted molar refractivity (Wildman–Crippen MR) is 62.4 cm³/mol. The Morgan fingerprint density at radius 2 is 1.43 bits per heavy atom. The molecule has 0 bridgehead atoms. The van der Waals surface area contributed by atoms with Crippen LogP contribution < -0.4 is 0 Å². The summed E-state index contributed by atoms with van der Waals surface area (Å²) >= 11 is 0. The summed E-state index contributed by atoms with van der Waals surface area (Å²) in [4.78, 5) is 0. The highest BCUT2D eigenvalue weighted by Gasteiger charge is 2.00. The van der Waals surface area contributed by atoms with E-state index < -0.39 is 0 Å². The fraction of sp³-hybridized carbons (Fsp3) is 1.00. The molecule has 0 spiro atoms. The zero-order chi connectivity index (χ0) is 11.2. The van der Waals surface area contributed by atoms with Gasteiger partial charge in [0.2, 0.25) is 0 Å². The quantitative estimate of drug-likeness (QED) is 0.626. The van der Waals surface area contributed by atoms with Crippen LogP contribution in [-0.4, -0.2) is 22.9 Å². The third-order valence-electron chi connectivity index (χ3n) is 2.01. The Hall–Kier alpha value is -0.0800. The minimum Gasteiger partial charge on any atom is -0.397 e. The van der Waals surface area contributed by atoms with Crippen LogP contribution in [0.4, 0.5) is 0 Å². The Morgan fingerprint density at radius 1 is 0.857 bits per heavy atom. The molecule has 2 nitrogen and oxygen atoms in total. The fourth-order valence-electron chi connectivity index (χ4n) is 1.28. The van der Waals surface area contributed by atoms with Crippen molar-refractivity contribution in [2.45, 2.75) is 71.8 Å². The topological polar surface area (TPSA) is 40.5 Å². The van der Waals surface area contributed by atoms with E-state index in [0.717, 1.165) is 19.3 Å². The van der Waals surface area contributed by atoms with E-state index in [9.17, 15) is 5.11 Å². The van der Waals surface area contributed by atoms with Crippen LogP contribution in [0.15, 0.2) is 0 Å². The van der Waals surface area contributed by atoms with Crippen molar-refractivity contribution in [1.29, 1.82) is 0 Å². The first kappa shape index (κ1) is 16.4. The first-order chi connectivity index (χ1) is 6.72. The van der Waals surface area contributed by atoms with Crippen LogP contribution in [0.3, 0.4) is 0 Å². The van der Waals surface area contributed by atoms with Crippen LogP contribution in [-0.2, 0) is 0 Å². The van der Waals surface area contributed by atoms with Crippen LogP contribution in [0.1, 0.15) is 65.7 Å². The molecule has 0 aromatic heterocycles. The molecule has 0 rings (SSSR count). The van der Waals surface area contributed by atoms with Crippen molar-refractivity contribution in [2.75, 3.05) is 6.61 Å². The number of rotatable bonds is 7. The average Bonchev–Trinajstić information content (AvgIpc) is 2.14. The van der Waals surface area contributed by atoms with Crippen molar-refractivity contribution in [3.63, 3.8) is 0 Å². The molecule has 1 atom stereocenters. The summed E-state index contributed by atoms with van der Waals surface area (Å²) < 4.78 is 0. The van der Waals surface area contributed by atoms with Crippen LogP contribution in [0, 0.1) is 0 Å². The summed E-state index contributed by atoms with van der Waals surface area (Å²) in [7, 11) is 0. The van der Waals surface area contributed by atoms with E-state index in [1.165, 1.54) is 25.7 Å². The molecule has 0 saturated carbocycles. The normalized spacial score (nSPS) is 11.8. The predicted octanol–water partition coefficient (Wildman–Crippen LogP) is 3.12. The van der Waals surface area contributed by atoms with Gasteiger partial charge < -0.3 is 10.2 Å². The minimum absolute atomic E-state index is 0.0307. The summed E-state index contributed by atoms with van der Waals surface area (Å²) in [6.45, 7) is 6.26. The lowest BCUT2D eigenvalue weighted by Gasteiger charge is -2.07. The lowest BCUT2D eigenvalue weighted by Crippen LogP contribution is -2.04. The molecule has 0 radical (unpaired) electrons. The third kappa shape index (κ3) is 17.9. The van der Waals surface area contributed by atoms with E-state index >= 15 is 0 Å². The van der Waals surface area contributed by atoms with Gasteiger partial charge in [0.1, 0.15) is 0 Å². The maximum absolute atomic E-state index is 9.35. The maximum Gasteiger partial charge on any atom is 0.0540 e. The molecule has 0 saturated heterocycles. The Balaban J connectivity index is 0. The third-order valence-corrected chi connectivity index (χ3v) is 2.01. The molecule has 1 unspecified atom stereocenters. The zero-order valence-corrected chi connectivity index (χ0v) is 10.1. The van der Waals surface area contributed by atoms with Gasteiger partial charge in [-0.15, -0.1) is 0 Å². The van der Waals surface area contributed by atoms with Gasteiger partial charge in [0.25, 0.3) is 0 Å². The zero-order valence-electron chi connectivity index (χ0n) is 10.1. The molecule has 0 aromatic rings. The van der Waals surface area contributed by atoms with Gasteiger partial charge in [0.15, 0.2) is 0 Å². The molecule has 88 valence electrons. The lowest BCUT2D eigenvalue weighted by atomic mass is 10.1. The SMILES string of the molecule is CCCCCCC(O)CCC.CCO. The highest BCUT2D eigenvalue weighted by atomic mass is 16.3. The highest BCUT2D eigenvalue weighted by Crippen LogP contribution is 2.08. The van der Waals surface area contributed by atoms with Crippen molar-refractivity contribution < 1.29 is 10.2 Å². The van der Waals surface area contributed by atoms with Crippen molar-refractivity contribution in [3.05, 3.63) is 0 Å². The number of unbranched alkanes of at least 4 members (excludes halogenated alkanes) is 3. The Kier molecular flexibility index (Phi) is 18.0. The van der Waals surface area contributed by atoms with Crippen LogP contribution >= 0.6 is 0 Å². The molecule has 0 heterocycles. The molecule has 0 aliphatic carbocycles. The van der Waals surface area contributed by atoms with E-state index in [-0.39, 0.29) is 12.7 Å². The first-order valence-corrected chi connectivity index (χ1v) is 6.01. The largest absolute Gasteiger partial charge is 0.397 e. The molecule has 0 fully saturated rings. The smallest absolute Gasteiger partial charge is 0.0540 e. The first-order valence-electron chi connectivity index (χ1n) is 6.01. The van der Waals surface area contributed by atoms with E-state index in [0.29, 0.717) is 0 Å². The van der Waals surface area contributed by atoms with E-state index in [4.69, 9.17) is 5.11 Å². The average molecular weight is 204 g/mol. The van der Waals surface area contributed by atoms with Gasteiger partial charge in [0, 0.05) is 6.61 Å². The van der Waals surface area contributed by atoms with Gasteiger partial charge in [-0.2, -0.15) is 0 Å². The van der Waals surface area contributed by atoms with Crippen molar-refractivity contribution >= 4 is 0 Å². The van der Waals surface area contributed by atoms with Gasteiger partial charge in [-0.1, -0.05) is 46.0 Å². The van der Waals surface area contributed by atoms with E-state index in [1.54, 1.807) is 6.92 Å². The summed E-state index contributed by atoms with van der Waals surface area (Å²) in [6.07, 6.45) is 8.15. The van der Waals surface area contributed by atoms with Gasteiger partial charge in [-0.05, 0) is 19.8 Å². The molecule has 2 N–H and O–H groups in total. The molecule has 0 aromatic carbocycles. The fourth-order valence-corrected chi connectivity index (χ4v) is 1.28. The molecule has 14 heavy (non-hydrogen) atoms. The number of aliphatic hydroxyl groups excluding tert-OH is 2. The molecule has 0 aliphatic heterocycles. The Morgan fingerprint density at radius 3 is 1.86 bits per heavy atom. The van der Waals surface area contributed by atoms with Gasteiger partial charge in [-0.25, -0.2) is 0 Å². The van der Waals surface area contributed by atoms with Crippen molar-refractivity contribution in [3.8, 4) is 0 Å². The van der Waals surface area contributed by atoms with E-state index in [1.807, 2.05) is 0 Å². The second-order valence-electron chi connectivity index (χ2n) is 3.61. The van der Waals surface area contributed by atoms with E-state index in [2.05, 4.69) is 13.8 Å². The molecule has 2 heteroatoms. The molecular weight excluding hydrogens is 176 g/mol. The molecule has 0 amide bonds. The summed E-state index contributed by atoms with van der Waals surface area (Å²) in [5.41, 5.74) is 0. The highest BCUT2D eigenvalue weighted by molar-refractivity contribution is 4.54. The summed E-state index contributed by atoms with van der Waals surface area (Å²) in [5.74, 6) is 0. The van der Waals surface area contributed by atoms with Crippen LogP contribution in [0.25, 0.3) is 0 Å². The monoisotopic (exact) mass is 204 g/mol. The summed E-state index contributed by atoms with van der Waals surface area (Å²) in [5, 5.41) is 16.9. The van der Waals surface area contributed by atoms with Crippen LogP contribution in [0.2, 0.25) is 0 Å². The Bertz CT molecular complexity index is 84.4. The van der Waals surface area contributed by atoms with Crippen molar-refractivity contribution in [1.82, 2.24) is 0 Å². The van der Waals surface area contributed by atoms with Gasteiger partial charge in [0.05, 0.1) is 6.10 Å². The van der Waals surface area contributed by atoms with Gasteiger partial charge in [-0.3, -0.25) is 0 Å². The lowest BCUT2D eigenvalue weighted by molar-refractivity contribution is 0.150. The minimum atomic E-state index is -0.0307. The van der Waals surface area contributed by atoms with Crippen molar-refractivity contribution in [2.24, 2.45) is 0 Å². The second-order valence-corrected chi connectivity index (χ2v) is 3.61. The van der Waals surface area contributed by atoms with Gasteiger partial charge >= 0.3 is 0 Å². The molecular formula is C12H28O2. The number of aliphatic hydroxyl groups is 2. The number of hydrogen-bond donors (Lipinski definition) is 2. The Labute approximate surface area is 89.3 Å².